The molecule has 0 aliphatic heterocycles. The lowest BCUT2D eigenvalue weighted by Gasteiger charge is -2.09. The highest BCUT2D eigenvalue weighted by atomic mass is 32.1. The highest BCUT2D eigenvalue weighted by molar-refractivity contribution is 7.09. The van der Waals surface area contributed by atoms with Gasteiger partial charge < -0.3 is 4.57 Å². The van der Waals surface area contributed by atoms with Gasteiger partial charge in [0.15, 0.2) is 0 Å². The number of aromatic nitrogens is 3. The van der Waals surface area contributed by atoms with Gasteiger partial charge in [-0.15, -0.1) is 11.3 Å². The molecule has 0 aliphatic rings. The number of hydrogen-bond donors (Lipinski definition) is 0. The third kappa shape index (κ3) is 2.29. The minimum Gasteiger partial charge on any atom is -0.313 e. The Morgan fingerprint density at radius 2 is 1.95 bits per heavy atom. The SMILES string of the molecule is Cc1csc(Cn2c(C(F)(F)F)nc3ccccc32)n1. The van der Waals surface area contributed by atoms with Crippen molar-refractivity contribution in [1.29, 1.82) is 0 Å². The number of aryl methyl sites for hydroxylation is 1. The largest absolute Gasteiger partial charge is 0.449 e. The van der Waals surface area contributed by atoms with Gasteiger partial charge in [0, 0.05) is 11.1 Å². The number of nitrogens with zero attached hydrogens (tertiary/aromatic N) is 3. The summed E-state index contributed by atoms with van der Waals surface area (Å²) in [6, 6.07) is 6.59. The van der Waals surface area contributed by atoms with E-state index < -0.39 is 12.0 Å². The van der Waals surface area contributed by atoms with Crippen LogP contribution in [0.5, 0.6) is 0 Å². The molecule has 0 radical (unpaired) electrons. The second-order valence-electron chi connectivity index (χ2n) is 4.39. The summed E-state index contributed by atoms with van der Waals surface area (Å²) in [4.78, 5) is 7.92. The zero-order valence-electron chi connectivity index (χ0n) is 10.5. The van der Waals surface area contributed by atoms with Gasteiger partial charge >= 0.3 is 6.18 Å². The number of fused-ring (bicyclic) bond motifs is 1. The smallest absolute Gasteiger partial charge is 0.313 e. The van der Waals surface area contributed by atoms with Crippen LogP contribution < -0.4 is 0 Å². The molecule has 0 aliphatic carbocycles. The van der Waals surface area contributed by atoms with Crippen LogP contribution >= 0.6 is 11.3 Å². The Balaban J connectivity index is 2.16. The zero-order chi connectivity index (χ0) is 14.3. The van der Waals surface area contributed by atoms with Crippen LogP contribution in [0.25, 0.3) is 11.0 Å². The highest BCUT2D eigenvalue weighted by Crippen LogP contribution is 2.32. The number of thiazole rings is 1. The molecule has 0 atom stereocenters. The first-order valence-corrected chi connectivity index (χ1v) is 6.76. The van der Waals surface area contributed by atoms with Crippen molar-refractivity contribution in [1.82, 2.24) is 14.5 Å². The molecule has 0 spiro atoms. The molecule has 7 heteroatoms. The number of alkyl halides is 3. The lowest BCUT2D eigenvalue weighted by molar-refractivity contribution is -0.146. The molecule has 0 fully saturated rings. The van der Waals surface area contributed by atoms with Crippen LogP contribution in [0.1, 0.15) is 16.5 Å². The van der Waals surface area contributed by atoms with Gasteiger partial charge in [-0.25, -0.2) is 9.97 Å². The van der Waals surface area contributed by atoms with Crippen LogP contribution in [-0.4, -0.2) is 14.5 Å². The third-order valence-corrected chi connectivity index (χ3v) is 3.82. The van der Waals surface area contributed by atoms with Crippen molar-refractivity contribution >= 4 is 22.4 Å². The van der Waals surface area contributed by atoms with Crippen molar-refractivity contribution in [2.75, 3.05) is 0 Å². The Morgan fingerprint density at radius 3 is 2.60 bits per heavy atom. The molecule has 0 unspecified atom stereocenters. The van der Waals surface area contributed by atoms with Crippen LogP contribution in [0.15, 0.2) is 29.6 Å². The van der Waals surface area contributed by atoms with Crippen LogP contribution in [0.4, 0.5) is 13.2 Å². The Hall–Kier alpha value is -1.89. The molecule has 0 amide bonds. The molecular formula is C13H10F3N3S. The lowest BCUT2D eigenvalue weighted by atomic mass is 10.3. The predicted molar refractivity (Wildman–Crippen MR) is 70.7 cm³/mol. The molecular weight excluding hydrogens is 287 g/mol. The van der Waals surface area contributed by atoms with E-state index in [1.165, 1.54) is 15.9 Å². The average molecular weight is 297 g/mol. The van der Waals surface area contributed by atoms with E-state index in [0.717, 1.165) is 5.69 Å². The molecule has 0 saturated heterocycles. The van der Waals surface area contributed by atoms with Crippen molar-refractivity contribution in [2.24, 2.45) is 0 Å². The quantitative estimate of drug-likeness (QED) is 0.719. The van der Waals surface area contributed by atoms with Gasteiger partial charge in [-0.3, -0.25) is 0 Å². The zero-order valence-corrected chi connectivity index (χ0v) is 11.3. The maximum atomic E-state index is 13.1. The molecule has 0 bridgehead atoms. The average Bonchev–Trinajstić information content (AvgIpc) is 2.94. The van der Waals surface area contributed by atoms with E-state index >= 15 is 0 Å². The molecule has 3 aromatic rings. The fourth-order valence-electron chi connectivity index (χ4n) is 2.06. The monoisotopic (exact) mass is 297 g/mol. The molecule has 3 nitrogen and oxygen atoms in total. The first-order chi connectivity index (χ1) is 9.45. The summed E-state index contributed by atoms with van der Waals surface area (Å²) in [7, 11) is 0. The van der Waals surface area contributed by atoms with Crippen molar-refractivity contribution in [3.63, 3.8) is 0 Å². The van der Waals surface area contributed by atoms with Crippen LogP contribution in [0.3, 0.4) is 0 Å². The van der Waals surface area contributed by atoms with Crippen LogP contribution in [0, 0.1) is 6.92 Å². The predicted octanol–water partition coefficient (Wildman–Crippen LogP) is 3.87. The fraction of sp³-hybridized carbons (Fsp3) is 0.231. The van der Waals surface area contributed by atoms with Crippen molar-refractivity contribution in [3.05, 3.63) is 46.2 Å². The first kappa shape index (κ1) is 13.1. The van der Waals surface area contributed by atoms with E-state index in [4.69, 9.17) is 0 Å². The fourth-order valence-corrected chi connectivity index (χ4v) is 2.82. The van der Waals surface area contributed by atoms with E-state index in [9.17, 15) is 13.2 Å². The maximum absolute atomic E-state index is 13.1. The van der Waals surface area contributed by atoms with Crippen LogP contribution in [-0.2, 0) is 12.7 Å². The maximum Gasteiger partial charge on any atom is 0.449 e. The number of hydrogen-bond acceptors (Lipinski definition) is 3. The number of halogens is 3. The van der Waals surface area contributed by atoms with Crippen molar-refractivity contribution < 1.29 is 13.2 Å². The summed E-state index contributed by atoms with van der Waals surface area (Å²) < 4.78 is 40.5. The minimum absolute atomic E-state index is 0.0772. The van der Waals surface area contributed by atoms with Crippen LogP contribution in [0.2, 0.25) is 0 Å². The number of para-hydroxylation sites is 2. The van der Waals surface area contributed by atoms with Gasteiger partial charge in [0.05, 0.1) is 17.6 Å². The summed E-state index contributed by atoms with van der Waals surface area (Å²) in [5.74, 6) is -0.883. The van der Waals surface area contributed by atoms with Crippen molar-refractivity contribution in [2.45, 2.75) is 19.6 Å². The molecule has 2 aromatic heterocycles. The molecule has 1 aromatic carbocycles. The molecule has 2 heterocycles. The van der Waals surface area contributed by atoms with E-state index in [2.05, 4.69) is 9.97 Å². The Kier molecular flexibility index (Phi) is 3.01. The lowest BCUT2D eigenvalue weighted by Crippen LogP contribution is -2.15. The molecule has 0 saturated carbocycles. The standard InChI is InChI=1S/C13H10F3N3S/c1-8-7-20-11(17-8)6-19-10-5-3-2-4-9(10)18-12(19)13(14,15)16/h2-5,7H,6H2,1H3. The van der Waals surface area contributed by atoms with E-state index in [1.807, 2.05) is 12.3 Å². The normalized spacial score (nSPS) is 12.2. The first-order valence-electron chi connectivity index (χ1n) is 5.88. The van der Waals surface area contributed by atoms with Gasteiger partial charge in [-0.2, -0.15) is 13.2 Å². The summed E-state index contributed by atoms with van der Waals surface area (Å²) in [6.07, 6.45) is -4.48. The summed E-state index contributed by atoms with van der Waals surface area (Å²) in [5.41, 5.74) is 1.61. The molecule has 20 heavy (non-hydrogen) atoms. The minimum atomic E-state index is -4.48. The third-order valence-electron chi connectivity index (χ3n) is 2.87. The second-order valence-corrected chi connectivity index (χ2v) is 5.33. The van der Waals surface area contributed by atoms with E-state index in [1.54, 1.807) is 24.3 Å². The van der Waals surface area contributed by atoms with E-state index in [0.29, 0.717) is 16.0 Å². The molecule has 3 rings (SSSR count). The van der Waals surface area contributed by atoms with Gasteiger partial charge in [0.25, 0.3) is 0 Å². The van der Waals surface area contributed by atoms with Gasteiger partial charge in [0.2, 0.25) is 5.82 Å². The number of benzene rings is 1. The molecule has 104 valence electrons. The topological polar surface area (TPSA) is 30.7 Å². The van der Waals surface area contributed by atoms with Crippen molar-refractivity contribution in [3.8, 4) is 0 Å². The summed E-state index contributed by atoms with van der Waals surface area (Å²) in [5, 5.41) is 2.46. The number of imidazole rings is 1. The summed E-state index contributed by atoms with van der Waals surface area (Å²) in [6.45, 7) is 1.89. The second kappa shape index (κ2) is 4.59. The Morgan fingerprint density at radius 1 is 1.20 bits per heavy atom. The summed E-state index contributed by atoms with van der Waals surface area (Å²) >= 11 is 1.35. The van der Waals surface area contributed by atoms with Gasteiger partial charge in [-0.05, 0) is 19.1 Å². The molecule has 0 N–H and O–H groups in total. The highest BCUT2D eigenvalue weighted by Gasteiger charge is 2.37. The number of rotatable bonds is 2. The Bertz CT molecular complexity index is 758. The van der Waals surface area contributed by atoms with E-state index in [-0.39, 0.29) is 6.54 Å². The Labute approximate surface area is 116 Å². The van der Waals surface area contributed by atoms with Gasteiger partial charge in [-0.1, -0.05) is 12.1 Å². The van der Waals surface area contributed by atoms with Gasteiger partial charge in [0.1, 0.15) is 5.01 Å².